The molecule has 2 aliphatic heterocycles. The maximum atomic E-state index is 12.8. The molecular weight excluding hydrogens is 504 g/mol. The number of hydrogen-bond donors (Lipinski definition) is 2. The molecule has 216 valence electrons. The number of urea groups is 1. The number of hydrogen-bond acceptors (Lipinski definition) is 7. The summed E-state index contributed by atoms with van der Waals surface area (Å²) in [7, 11) is 7.13. The fraction of sp³-hybridized carbons (Fsp3) is 0.548. The van der Waals surface area contributed by atoms with Gasteiger partial charge in [-0.1, -0.05) is 12.1 Å². The summed E-state index contributed by atoms with van der Waals surface area (Å²) in [5.74, 6) is 1.31. The van der Waals surface area contributed by atoms with Crippen LogP contribution < -0.4 is 20.1 Å². The molecule has 9 nitrogen and oxygen atoms in total. The third-order valence-corrected chi connectivity index (χ3v) is 8.71. The molecule has 3 aliphatic rings. The molecule has 1 aliphatic carbocycles. The lowest BCUT2D eigenvalue weighted by molar-refractivity contribution is 0.0894. The second kappa shape index (κ2) is 12.5. The maximum absolute atomic E-state index is 12.8. The first-order valence-corrected chi connectivity index (χ1v) is 14.5. The van der Waals surface area contributed by atoms with Crippen LogP contribution in [0.15, 0.2) is 41.5 Å². The van der Waals surface area contributed by atoms with Gasteiger partial charge in [-0.05, 0) is 75.9 Å². The van der Waals surface area contributed by atoms with Gasteiger partial charge in [-0.2, -0.15) is 5.10 Å². The van der Waals surface area contributed by atoms with Gasteiger partial charge in [0, 0.05) is 62.1 Å². The second-order valence-corrected chi connectivity index (χ2v) is 11.3. The quantitative estimate of drug-likeness (QED) is 0.568. The topological polar surface area (TPSA) is 81.7 Å². The Morgan fingerprint density at radius 3 is 2.23 bits per heavy atom. The third kappa shape index (κ3) is 6.05. The minimum atomic E-state index is -0.234. The number of carbonyl (C=O) groups excluding carboxylic acids is 1. The van der Waals surface area contributed by atoms with Crippen LogP contribution in [0, 0.1) is 0 Å². The smallest absolute Gasteiger partial charge is 0.337 e. The molecule has 40 heavy (non-hydrogen) atoms. The van der Waals surface area contributed by atoms with E-state index >= 15 is 0 Å². The van der Waals surface area contributed by atoms with Crippen molar-refractivity contribution in [3.63, 3.8) is 0 Å². The average molecular weight is 549 g/mol. The molecule has 0 spiro atoms. The van der Waals surface area contributed by atoms with Crippen LogP contribution in [0.3, 0.4) is 0 Å². The van der Waals surface area contributed by atoms with E-state index in [1.165, 1.54) is 51.9 Å². The van der Waals surface area contributed by atoms with Crippen LogP contribution >= 0.6 is 0 Å². The molecule has 5 rings (SSSR count). The van der Waals surface area contributed by atoms with E-state index in [9.17, 15) is 4.79 Å². The zero-order valence-electron chi connectivity index (χ0n) is 24.6. The summed E-state index contributed by atoms with van der Waals surface area (Å²) < 4.78 is 11.2. The van der Waals surface area contributed by atoms with Crippen LogP contribution in [0.2, 0.25) is 0 Å². The molecule has 2 N–H and O–H groups in total. The number of anilines is 1. The van der Waals surface area contributed by atoms with Crippen molar-refractivity contribution in [1.82, 2.24) is 20.1 Å². The first kappa shape index (κ1) is 28.2. The fourth-order valence-corrected chi connectivity index (χ4v) is 6.28. The van der Waals surface area contributed by atoms with Crippen molar-refractivity contribution >= 4 is 17.4 Å². The lowest BCUT2D eigenvalue weighted by Crippen LogP contribution is -2.50. The highest BCUT2D eigenvalue weighted by Crippen LogP contribution is 2.35. The molecule has 1 atom stereocenters. The van der Waals surface area contributed by atoms with Gasteiger partial charge in [0.05, 0.1) is 26.0 Å². The van der Waals surface area contributed by atoms with Crippen molar-refractivity contribution in [3.05, 3.63) is 53.1 Å². The molecule has 1 saturated carbocycles. The Hall–Kier alpha value is -3.30. The minimum absolute atomic E-state index is 0.129. The lowest BCUT2D eigenvalue weighted by Gasteiger charge is -2.41. The average Bonchev–Trinajstić information content (AvgIpc) is 3.12. The van der Waals surface area contributed by atoms with E-state index in [2.05, 4.69) is 51.7 Å². The number of methoxy groups -OCH3 is 2. The Labute approximate surface area is 238 Å². The van der Waals surface area contributed by atoms with Crippen molar-refractivity contribution in [2.24, 2.45) is 5.10 Å². The highest BCUT2D eigenvalue weighted by atomic mass is 16.5. The number of benzene rings is 2. The number of carbonyl (C=O) groups is 1. The second-order valence-electron chi connectivity index (χ2n) is 11.3. The molecular formula is C31H44N6O3. The van der Waals surface area contributed by atoms with E-state index < -0.39 is 0 Å². The molecule has 2 heterocycles. The monoisotopic (exact) mass is 548 g/mol. The Balaban J connectivity index is 1.33. The van der Waals surface area contributed by atoms with Gasteiger partial charge in [-0.3, -0.25) is 4.90 Å². The van der Waals surface area contributed by atoms with Crippen LogP contribution in [0.5, 0.6) is 11.5 Å². The molecule has 2 fully saturated rings. The van der Waals surface area contributed by atoms with Crippen molar-refractivity contribution in [2.45, 2.75) is 57.2 Å². The van der Waals surface area contributed by atoms with Gasteiger partial charge in [0.15, 0.2) is 11.5 Å². The standard InChI is InChI=1S/C31H44N6O3/c1-21-18-23-19-28(39-4)29(40-5)20-27(23)30(34-37(21)31(38)32-2)22-6-8-24(9-7-22)33-25-10-12-26(13-11-25)36-16-14-35(3)15-17-36/h6-9,19-21,25-26,33H,10-18H2,1-5H3,(H,32,38). The molecule has 0 bridgehead atoms. The van der Waals surface area contributed by atoms with E-state index in [0.29, 0.717) is 24.0 Å². The number of amides is 2. The number of nitrogens with zero attached hydrogens (tertiary/aromatic N) is 4. The van der Waals surface area contributed by atoms with E-state index in [1.807, 2.05) is 19.1 Å². The van der Waals surface area contributed by atoms with Crippen LogP contribution in [0.25, 0.3) is 0 Å². The third-order valence-electron chi connectivity index (χ3n) is 8.71. The van der Waals surface area contributed by atoms with Crippen LogP contribution in [0.1, 0.15) is 49.3 Å². The van der Waals surface area contributed by atoms with Crippen LogP contribution in [0.4, 0.5) is 10.5 Å². The van der Waals surface area contributed by atoms with E-state index in [-0.39, 0.29) is 12.1 Å². The number of fused-ring (bicyclic) bond motifs is 1. The summed E-state index contributed by atoms with van der Waals surface area (Å²) in [6, 6.07) is 13.3. The van der Waals surface area contributed by atoms with Gasteiger partial charge >= 0.3 is 6.03 Å². The SMILES string of the molecule is CNC(=O)N1N=C(c2ccc(NC3CCC(N4CCN(C)CC4)CC3)cc2)c2cc(OC)c(OC)cc2CC1C. The summed E-state index contributed by atoms with van der Waals surface area (Å²) in [6.07, 6.45) is 5.54. The number of nitrogens with one attached hydrogen (secondary N) is 2. The molecule has 1 saturated heterocycles. The van der Waals surface area contributed by atoms with Crippen LogP contribution in [-0.4, -0.2) is 99.2 Å². The van der Waals surface area contributed by atoms with Crippen molar-refractivity contribution in [1.29, 1.82) is 0 Å². The predicted octanol–water partition coefficient (Wildman–Crippen LogP) is 4.01. The van der Waals surface area contributed by atoms with Gasteiger partial charge in [0.1, 0.15) is 0 Å². The number of piperazine rings is 1. The predicted molar refractivity (Wildman–Crippen MR) is 160 cm³/mol. The van der Waals surface area contributed by atoms with Gasteiger partial charge in [0.25, 0.3) is 0 Å². The molecule has 9 heteroatoms. The Morgan fingerprint density at radius 1 is 0.950 bits per heavy atom. The van der Waals surface area contributed by atoms with E-state index in [0.717, 1.165) is 34.1 Å². The Kier molecular flexibility index (Phi) is 8.81. The highest BCUT2D eigenvalue weighted by molar-refractivity contribution is 6.14. The number of rotatable bonds is 6. The van der Waals surface area contributed by atoms with Crippen molar-refractivity contribution in [2.75, 3.05) is 59.8 Å². The number of likely N-dealkylation sites (N-methyl/N-ethyl adjacent to an activating group) is 1. The summed E-state index contributed by atoms with van der Waals surface area (Å²) >= 11 is 0. The highest BCUT2D eigenvalue weighted by Gasteiger charge is 2.29. The molecule has 2 aromatic rings. The first-order chi connectivity index (χ1) is 19.4. The zero-order chi connectivity index (χ0) is 28.2. The zero-order valence-corrected chi connectivity index (χ0v) is 24.6. The summed E-state index contributed by atoms with van der Waals surface area (Å²) in [5, 5.41) is 12.9. The summed E-state index contributed by atoms with van der Waals surface area (Å²) in [4.78, 5) is 17.9. The lowest BCUT2D eigenvalue weighted by atomic mass is 9.89. The van der Waals surface area contributed by atoms with Crippen LogP contribution in [-0.2, 0) is 6.42 Å². The maximum Gasteiger partial charge on any atom is 0.337 e. The number of hydrazone groups is 1. The van der Waals surface area contributed by atoms with E-state index in [4.69, 9.17) is 14.6 Å². The van der Waals surface area contributed by atoms with Crippen molar-refractivity contribution in [3.8, 4) is 11.5 Å². The molecule has 0 aromatic heterocycles. The van der Waals surface area contributed by atoms with Gasteiger partial charge < -0.3 is 25.0 Å². The van der Waals surface area contributed by atoms with Gasteiger partial charge in [0.2, 0.25) is 0 Å². The molecule has 2 amide bonds. The summed E-state index contributed by atoms with van der Waals surface area (Å²) in [5.41, 5.74) is 4.81. The minimum Gasteiger partial charge on any atom is -0.493 e. The van der Waals surface area contributed by atoms with Gasteiger partial charge in [-0.15, -0.1) is 0 Å². The fourth-order valence-electron chi connectivity index (χ4n) is 6.28. The Morgan fingerprint density at radius 2 is 1.60 bits per heavy atom. The molecule has 2 aromatic carbocycles. The first-order valence-electron chi connectivity index (χ1n) is 14.5. The largest absolute Gasteiger partial charge is 0.493 e. The van der Waals surface area contributed by atoms with Gasteiger partial charge in [-0.25, -0.2) is 9.80 Å². The van der Waals surface area contributed by atoms with E-state index in [1.54, 1.807) is 26.3 Å². The Bertz CT molecular complexity index is 1200. The molecule has 0 radical (unpaired) electrons. The molecule has 1 unspecified atom stereocenters. The summed E-state index contributed by atoms with van der Waals surface area (Å²) in [6.45, 7) is 6.76. The number of ether oxygens (including phenoxy) is 2. The van der Waals surface area contributed by atoms with Crippen molar-refractivity contribution < 1.29 is 14.3 Å². The normalized spacial score (nSPS) is 24.0.